The van der Waals surface area contributed by atoms with Gasteiger partial charge in [0.15, 0.2) is 40.6 Å². The lowest BCUT2D eigenvalue weighted by atomic mass is 9.92. The van der Waals surface area contributed by atoms with Gasteiger partial charge in [0.25, 0.3) is 0 Å². The molecule has 0 bridgehead atoms. The number of fused-ring (bicyclic) bond motifs is 1. The van der Waals surface area contributed by atoms with Crippen molar-refractivity contribution in [3.63, 3.8) is 0 Å². The molecule has 1 aliphatic rings. The normalized spacial score (nSPS) is 16.3. The fourth-order valence-corrected chi connectivity index (χ4v) is 4.49. The third-order valence-electron chi connectivity index (χ3n) is 6.21. The molecule has 0 amide bonds. The van der Waals surface area contributed by atoms with E-state index >= 15 is 0 Å². The van der Waals surface area contributed by atoms with Crippen LogP contribution in [0.3, 0.4) is 0 Å². The third-order valence-corrected chi connectivity index (χ3v) is 6.21. The quantitative estimate of drug-likeness (QED) is 0.353. The van der Waals surface area contributed by atoms with Gasteiger partial charge in [-0.15, -0.1) is 13.2 Å². The molecule has 1 heterocycles. The summed E-state index contributed by atoms with van der Waals surface area (Å²) in [4.78, 5) is 0. The molecular formula is C30H32O6. The van der Waals surface area contributed by atoms with Gasteiger partial charge in [-0.1, -0.05) is 30.4 Å². The summed E-state index contributed by atoms with van der Waals surface area (Å²) in [5.41, 5.74) is 3.96. The molecule has 36 heavy (non-hydrogen) atoms. The monoisotopic (exact) mass is 488 g/mol. The number of rotatable bonds is 10. The van der Waals surface area contributed by atoms with Crippen molar-refractivity contribution in [3.8, 4) is 34.5 Å². The zero-order chi connectivity index (χ0) is 25.7. The number of aromatic hydroxyl groups is 1. The smallest absolute Gasteiger partial charge is 0.165 e. The average molecular weight is 489 g/mol. The minimum atomic E-state index is -0.497. The van der Waals surface area contributed by atoms with Crippen LogP contribution in [0.5, 0.6) is 34.5 Å². The maximum absolute atomic E-state index is 10.1. The summed E-state index contributed by atoms with van der Waals surface area (Å²) in [6.07, 6.45) is 4.84. The van der Waals surface area contributed by atoms with Crippen molar-refractivity contribution >= 4 is 0 Å². The van der Waals surface area contributed by atoms with E-state index in [1.165, 1.54) is 7.11 Å². The summed E-state index contributed by atoms with van der Waals surface area (Å²) < 4.78 is 29.8. The van der Waals surface area contributed by atoms with Crippen molar-refractivity contribution < 1.29 is 28.8 Å². The molecule has 0 fully saturated rings. The fourth-order valence-electron chi connectivity index (χ4n) is 4.49. The molecule has 6 nitrogen and oxygen atoms in total. The van der Waals surface area contributed by atoms with Crippen LogP contribution in [0, 0.1) is 0 Å². The zero-order valence-electron chi connectivity index (χ0n) is 21.0. The van der Waals surface area contributed by atoms with Crippen LogP contribution in [0.4, 0.5) is 0 Å². The first kappa shape index (κ1) is 25.0. The van der Waals surface area contributed by atoms with E-state index in [0.29, 0.717) is 41.6 Å². The molecule has 2 atom stereocenters. The van der Waals surface area contributed by atoms with Crippen molar-refractivity contribution in [1.82, 2.24) is 0 Å². The molecule has 3 aromatic rings. The first-order valence-electron chi connectivity index (χ1n) is 11.8. The van der Waals surface area contributed by atoms with Gasteiger partial charge in [0.05, 0.1) is 21.3 Å². The van der Waals surface area contributed by atoms with Gasteiger partial charge in [0.2, 0.25) is 0 Å². The van der Waals surface area contributed by atoms with Crippen LogP contribution < -0.4 is 23.7 Å². The zero-order valence-corrected chi connectivity index (χ0v) is 21.0. The second-order valence-corrected chi connectivity index (χ2v) is 8.59. The summed E-state index contributed by atoms with van der Waals surface area (Å²) in [6, 6.07) is 15.1. The van der Waals surface area contributed by atoms with E-state index in [1.807, 2.05) is 42.5 Å². The van der Waals surface area contributed by atoms with Crippen LogP contribution in [0.25, 0.3) is 0 Å². The van der Waals surface area contributed by atoms with E-state index in [-0.39, 0.29) is 5.75 Å². The highest BCUT2D eigenvalue weighted by molar-refractivity contribution is 5.53. The van der Waals surface area contributed by atoms with E-state index < -0.39 is 12.2 Å². The molecule has 0 unspecified atom stereocenters. The highest BCUT2D eigenvalue weighted by atomic mass is 16.6. The molecule has 0 saturated carbocycles. The SMILES string of the molecule is C=CCc1ccc(O[C@H]2Cc3cc(CC=C)cc(OC)c3O[C@@H]2c2ccc(O)c(OC)c2)c(OC)c1. The minimum Gasteiger partial charge on any atom is -0.504 e. The van der Waals surface area contributed by atoms with Gasteiger partial charge in [-0.05, 0) is 54.3 Å². The van der Waals surface area contributed by atoms with Crippen LogP contribution in [-0.4, -0.2) is 32.5 Å². The predicted molar refractivity (Wildman–Crippen MR) is 140 cm³/mol. The van der Waals surface area contributed by atoms with Gasteiger partial charge in [-0.2, -0.15) is 0 Å². The van der Waals surface area contributed by atoms with Gasteiger partial charge in [-0.3, -0.25) is 0 Å². The molecule has 0 aromatic heterocycles. The largest absolute Gasteiger partial charge is 0.504 e. The van der Waals surface area contributed by atoms with Crippen LogP contribution in [-0.2, 0) is 19.3 Å². The summed E-state index contributed by atoms with van der Waals surface area (Å²) >= 11 is 0. The topological polar surface area (TPSA) is 66.4 Å². The number of phenolic OH excluding ortho intramolecular Hbond substituents is 1. The van der Waals surface area contributed by atoms with Gasteiger partial charge in [0, 0.05) is 17.5 Å². The first-order valence-corrected chi connectivity index (χ1v) is 11.8. The Morgan fingerprint density at radius 3 is 2.22 bits per heavy atom. The van der Waals surface area contributed by atoms with Crippen molar-refractivity contribution in [3.05, 3.63) is 96.1 Å². The van der Waals surface area contributed by atoms with Gasteiger partial charge >= 0.3 is 0 Å². The van der Waals surface area contributed by atoms with Crippen molar-refractivity contribution in [2.24, 2.45) is 0 Å². The molecule has 188 valence electrons. The maximum Gasteiger partial charge on any atom is 0.165 e. The number of methoxy groups -OCH3 is 3. The van der Waals surface area contributed by atoms with Crippen LogP contribution in [0.2, 0.25) is 0 Å². The van der Waals surface area contributed by atoms with Crippen LogP contribution in [0.15, 0.2) is 73.8 Å². The summed E-state index contributed by atoms with van der Waals surface area (Å²) in [6.45, 7) is 7.67. The molecule has 0 saturated heterocycles. The standard InChI is InChI=1S/C30H32O6/c1-6-8-19-10-13-24(26(15-19)33-4)35-28-18-22-14-20(9-7-2)16-27(34-5)30(22)36-29(28)21-11-12-23(31)25(17-21)32-3/h6-7,10-17,28-29,31H,1-2,8-9,18H2,3-5H3/t28-,29+/m0/s1. The van der Waals surface area contributed by atoms with E-state index in [0.717, 1.165) is 28.7 Å². The number of benzene rings is 3. The number of hydrogen-bond acceptors (Lipinski definition) is 6. The Balaban J connectivity index is 1.78. The Hall–Kier alpha value is -4.06. The highest BCUT2D eigenvalue weighted by Gasteiger charge is 2.36. The fraction of sp³-hybridized carbons (Fsp3) is 0.267. The first-order chi connectivity index (χ1) is 17.5. The Kier molecular flexibility index (Phi) is 7.74. The molecule has 4 rings (SSSR count). The highest BCUT2D eigenvalue weighted by Crippen LogP contribution is 2.45. The van der Waals surface area contributed by atoms with Crippen LogP contribution in [0.1, 0.15) is 28.4 Å². The Morgan fingerprint density at radius 2 is 1.53 bits per heavy atom. The second kappa shape index (κ2) is 11.1. The maximum atomic E-state index is 10.1. The third kappa shape index (κ3) is 5.13. The molecule has 0 spiro atoms. The summed E-state index contributed by atoms with van der Waals surface area (Å²) in [7, 11) is 4.78. The average Bonchev–Trinajstić information content (AvgIpc) is 2.89. The van der Waals surface area contributed by atoms with Crippen molar-refractivity contribution in [2.45, 2.75) is 31.5 Å². The lowest BCUT2D eigenvalue weighted by Gasteiger charge is -2.35. The lowest BCUT2D eigenvalue weighted by molar-refractivity contribution is 0.0339. The van der Waals surface area contributed by atoms with Crippen LogP contribution >= 0.6 is 0 Å². The Bertz CT molecular complexity index is 1250. The molecule has 0 radical (unpaired) electrons. The van der Waals surface area contributed by atoms with E-state index in [9.17, 15) is 5.11 Å². The number of allylic oxidation sites excluding steroid dienone is 2. The summed E-state index contributed by atoms with van der Waals surface area (Å²) in [5.74, 6) is 3.01. The van der Waals surface area contributed by atoms with E-state index in [4.69, 9.17) is 23.7 Å². The van der Waals surface area contributed by atoms with Gasteiger partial charge in [-0.25, -0.2) is 0 Å². The Morgan fingerprint density at radius 1 is 0.833 bits per heavy atom. The lowest BCUT2D eigenvalue weighted by Crippen LogP contribution is -2.35. The van der Waals surface area contributed by atoms with E-state index in [1.54, 1.807) is 26.4 Å². The number of ether oxygens (including phenoxy) is 5. The Labute approximate surface area is 212 Å². The van der Waals surface area contributed by atoms with Crippen molar-refractivity contribution in [2.75, 3.05) is 21.3 Å². The van der Waals surface area contributed by atoms with Gasteiger partial charge in [0.1, 0.15) is 6.10 Å². The second-order valence-electron chi connectivity index (χ2n) is 8.59. The number of phenols is 1. The minimum absolute atomic E-state index is 0.0565. The molecule has 3 aromatic carbocycles. The molecular weight excluding hydrogens is 456 g/mol. The molecule has 6 heteroatoms. The summed E-state index contributed by atoms with van der Waals surface area (Å²) in [5, 5.41) is 10.1. The predicted octanol–water partition coefficient (Wildman–Crippen LogP) is 6.00. The van der Waals surface area contributed by atoms with E-state index in [2.05, 4.69) is 19.2 Å². The molecule has 1 N–H and O–H groups in total. The number of hydrogen-bond donors (Lipinski definition) is 1. The van der Waals surface area contributed by atoms with Crippen molar-refractivity contribution in [1.29, 1.82) is 0 Å². The van der Waals surface area contributed by atoms with Gasteiger partial charge < -0.3 is 28.8 Å². The molecule has 0 aliphatic carbocycles. The molecule has 1 aliphatic heterocycles.